The summed E-state index contributed by atoms with van der Waals surface area (Å²) in [5.41, 5.74) is 0.523. The van der Waals surface area contributed by atoms with E-state index in [0.717, 1.165) is 0 Å². The summed E-state index contributed by atoms with van der Waals surface area (Å²) in [6.45, 7) is 7.22. The smallest absolute Gasteiger partial charge is 0.443 e. The lowest BCUT2D eigenvalue weighted by Crippen LogP contribution is -2.49. The number of anilines is 1. The third-order valence-corrected chi connectivity index (χ3v) is 6.35. The van der Waals surface area contributed by atoms with Crippen LogP contribution in [0.4, 0.5) is 18.2 Å². The van der Waals surface area contributed by atoms with Gasteiger partial charge in [-0.2, -0.15) is 18.3 Å². The summed E-state index contributed by atoms with van der Waals surface area (Å²) in [6, 6.07) is 0.143. The predicted octanol–water partition coefficient (Wildman–Crippen LogP) is 2.57. The molecule has 10 nitrogen and oxygen atoms in total. The fourth-order valence-corrected chi connectivity index (χ4v) is 4.58. The zero-order valence-electron chi connectivity index (χ0n) is 18.8. The minimum Gasteiger partial charge on any atom is -0.464 e. The Morgan fingerprint density at radius 2 is 1.79 bits per heavy atom. The van der Waals surface area contributed by atoms with E-state index >= 15 is 0 Å². The van der Waals surface area contributed by atoms with Crippen LogP contribution in [0, 0.1) is 13.8 Å². The van der Waals surface area contributed by atoms with Gasteiger partial charge < -0.3 is 14.5 Å². The van der Waals surface area contributed by atoms with Crippen LogP contribution in [0.25, 0.3) is 11.3 Å². The van der Waals surface area contributed by atoms with E-state index in [-0.39, 0.29) is 24.2 Å². The number of hydrogen-bond donors (Lipinski definition) is 0. The van der Waals surface area contributed by atoms with Gasteiger partial charge in [0.1, 0.15) is 28.9 Å². The monoisotopic (exact) mass is 496 g/mol. The van der Waals surface area contributed by atoms with Crippen LogP contribution in [0.3, 0.4) is 0 Å². The standard InChI is InChI=1S/C20H23F3N8O2S/c1-4-33-19-24-9-14(10-25-19)16-17(34-18(27-16)20(21,22)23)30-7-5-29(6-8-30)15(32)11-31-13(3)26-12(2)28-31/h9-10H,4-8,11H2,1-3H3. The Labute approximate surface area is 197 Å². The maximum atomic E-state index is 13.4. The number of alkyl halides is 3. The average molecular weight is 497 g/mol. The molecule has 4 rings (SSSR count). The van der Waals surface area contributed by atoms with E-state index in [4.69, 9.17) is 4.74 Å². The zero-order valence-corrected chi connectivity index (χ0v) is 19.7. The Kier molecular flexibility index (Phi) is 6.68. The van der Waals surface area contributed by atoms with Crippen LogP contribution in [-0.2, 0) is 17.5 Å². The molecule has 3 aromatic heterocycles. The van der Waals surface area contributed by atoms with E-state index in [9.17, 15) is 18.0 Å². The third-order valence-electron chi connectivity index (χ3n) is 5.19. The van der Waals surface area contributed by atoms with Crippen LogP contribution in [0.5, 0.6) is 6.01 Å². The molecule has 1 amide bonds. The van der Waals surface area contributed by atoms with Crippen molar-refractivity contribution < 1.29 is 22.7 Å². The molecule has 1 fully saturated rings. The van der Waals surface area contributed by atoms with Gasteiger partial charge in [0.2, 0.25) is 10.9 Å². The van der Waals surface area contributed by atoms with Gasteiger partial charge in [0, 0.05) is 44.1 Å². The van der Waals surface area contributed by atoms with Crippen LogP contribution in [-0.4, -0.2) is 73.3 Å². The summed E-state index contributed by atoms with van der Waals surface area (Å²) in [5, 5.41) is 3.64. The highest BCUT2D eigenvalue weighted by Crippen LogP contribution is 2.42. The summed E-state index contributed by atoms with van der Waals surface area (Å²) < 4.78 is 47.1. The first-order valence-corrected chi connectivity index (χ1v) is 11.4. The Bertz CT molecular complexity index is 1150. The zero-order chi connectivity index (χ0) is 24.5. The number of halogens is 3. The fraction of sp³-hybridized carbons (Fsp3) is 0.500. The number of nitrogens with zero attached hydrogens (tertiary/aromatic N) is 8. The molecule has 0 atom stereocenters. The molecule has 1 aliphatic heterocycles. The second-order valence-electron chi connectivity index (χ2n) is 7.59. The molecule has 4 heterocycles. The summed E-state index contributed by atoms with van der Waals surface area (Å²) in [5.74, 6) is 1.12. The summed E-state index contributed by atoms with van der Waals surface area (Å²) in [6.07, 6.45) is -1.77. The minimum absolute atomic E-state index is 0.0697. The van der Waals surface area contributed by atoms with Gasteiger partial charge in [0.15, 0.2) is 0 Å². The first-order valence-electron chi connectivity index (χ1n) is 10.6. The molecule has 1 aliphatic rings. The lowest BCUT2D eigenvalue weighted by atomic mass is 10.2. The molecular formula is C20H23F3N8O2S. The van der Waals surface area contributed by atoms with Crippen molar-refractivity contribution in [3.05, 3.63) is 29.1 Å². The topological polar surface area (TPSA) is 102 Å². The normalized spacial score (nSPS) is 14.5. The molecule has 0 N–H and O–H groups in total. The molecular weight excluding hydrogens is 473 g/mol. The van der Waals surface area contributed by atoms with Crippen molar-refractivity contribution in [1.82, 2.24) is 34.6 Å². The lowest BCUT2D eigenvalue weighted by molar-refractivity contribution is -0.137. The van der Waals surface area contributed by atoms with Crippen molar-refractivity contribution in [3.63, 3.8) is 0 Å². The van der Waals surface area contributed by atoms with Crippen LogP contribution < -0.4 is 9.64 Å². The van der Waals surface area contributed by atoms with Crippen molar-refractivity contribution in [2.45, 2.75) is 33.5 Å². The molecule has 0 aromatic carbocycles. The van der Waals surface area contributed by atoms with Gasteiger partial charge in [-0.1, -0.05) is 11.3 Å². The van der Waals surface area contributed by atoms with Gasteiger partial charge >= 0.3 is 12.2 Å². The number of aryl methyl sites for hydroxylation is 2. The van der Waals surface area contributed by atoms with E-state index in [0.29, 0.717) is 66.3 Å². The molecule has 182 valence electrons. The number of carbonyl (C=O) groups excluding carboxylic acids is 1. The molecule has 3 aromatic rings. The number of piperazine rings is 1. The second-order valence-corrected chi connectivity index (χ2v) is 8.57. The molecule has 0 radical (unpaired) electrons. The van der Waals surface area contributed by atoms with Crippen LogP contribution in [0.2, 0.25) is 0 Å². The highest BCUT2D eigenvalue weighted by molar-refractivity contribution is 7.16. The second kappa shape index (κ2) is 9.52. The van der Waals surface area contributed by atoms with Gasteiger partial charge in [0.05, 0.1) is 6.61 Å². The van der Waals surface area contributed by atoms with Crippen LogP contribution in [0.15, 0.2) is 12.4 Å². The molecule has 34 heavy (non-hydrogen) atoms. The number of carbonyl (C=O) groups is 1. The Hall–Kier alpha value is -3.29. The number of rotatable bonds is 6. The van der Waals surface area contributed by atoms with Crippen LogP contribution >= 0.6 is 11.3 Å². The number of amides is 1. The average Bonchev–Trinajstić information content (AvgIpc) is 3.38. The molecule has 0 unspecified atom stereocenters. The maximum Gasteiger partial charge on any atom is 0.443 e. The Balaban J connectivity index is 1.51. The van der Waals surface area contributed by atoms with Gasteiger partial charge in [0.25, 0.3) is 0 Å². The van der Waals surface area contributed by atoms with Gasteiger partial charge in [-0.15, -0.1) is 0 Å². The van der Waals surface area contributed by atoms with E-state index in [1.807, 2.05) is 4.90 Å². The summed E-state index contributed by atoms with van der Waals surface area (Å²) >= 11 is 0.576. The minimum atomic E-state index is -4.57. The largest absolute Gasteiger partial charge is 0.464 e. The van der Waals surface area contributed by atoms with Crippen molar-refractivity contribution in [2.24, 2.45) is 0 Å². The summed E-state index contributed by atoms with van der Waals surface area (Å²) in [4.78, 5) is 32.4. The highest BCUT2D eigenvalue weighted by Gasteiger charge is 2.38. The number of aromatic nitrogens is 6. The summed E-state index contributed by atoms with van der Waals surface area (Å²) in [7, 11) is 0. The quantitative estimate of drug-likeness (QED) is 0.513. The van der Waals surface area contributed by atoms with E-state index in [1.165, 1.54) is 12.4 Å². The lowest BCUT2D eigenvalue weighted by Gasteiger charge is -2.35. The molecule has 0 saturated carbocycles. The van der Waals surface area contributed by atoms with Crippen molar-refractivity contribution >= 4 is 22.2 Å². The predicted molar refractivity (Wildman–Crippen MR) is 118 cm³/mol. The molecule has 14 heteroatoms. The number of hydrogen-bond acceptors (Lipinski definition) is 9. The molecule has 0 aliphatic carbocycles. The molecule has 0 spiro atoms. The first-order chi connectivity index (χ1) is 16.2. The fourth-order valence-electron chi connectivity index (χ4n) is 3.58. The SMILES string of the molecule is CCOc1ncc(-c2nc(C(F)(F)F)sc2N2CCN(C(=O)Cn3nc(C)nc3C)CC2)cn1. The number of ether oxygens (including phenoxy) is 1. The molecule has 1 saturated heterocycles. The third kappa shape index (κ3) is 5.11. The van der Waals surface area contributed by atoms with Gasteiger partial charge in [-0.05, 0) is 20.8 Å². The van der Waals surface area contributed by atoms with E-state index < -0.39 is 11.2 Å². The van der Waals surface area contributed by atoms with Crippen LogP contribution in [0.1, 0.15) is 23.6 Å². The Morgan fingerprint density at radius 3 is 2.35 bits per heavy atom. The van der Waals surface area contributed by atoms with Crippen molar-refractivity contribution in [2.75, 3.05) is 37.7 Å². The first kappa shape index (κ1) is 23.9. The van der Waals surface area contributed by atoms with Crippen molar-refractivity contribution in [1.29, 1.82) is 0 Å². The van der Waals surface area contributed by atoms with E-state index in [1.54, 1.807) is 30.4 Å². The van der Waals surface area contributed by atoms with E-state index in [2.05, 4.69) is 25.0 Å². The Morgan fingerprint density at radius 1 is 1.12 bits per heavy atom. The maximum absolute atomic E-state index is 13.4. The van der Waals surface area contributed by atoms with Gasteiger partial charge in [-0.25, -0.2) is 24.6 Å². The molecule has 0 bridgehead atoms. The highest BCUT2D eigenvalue weighted by atomic mass is 32.1. The number of thiazole rings is 1. The van der Waals surface area contributed by atoms with Gasteiger partial charge in [-0.3, -0.25) is 4.79 Å². The van der Waals surface area contributed by atoms with Crippen molar-refractivity contribution in [3.8, 4) is 17.3 Å².